The molecule has 1 aliphatic heterocycles. The number of rotatable bonds is 18. The zero-order valence-electron chi connectivity index (χ0n) is 30.3. The van der Waals surface area contributed by atoms with Crippen molar-refractivity contribution in [2.24, 2.45) is 5.92 Å². The second kappa shape index (κ2) is 19.8. The van der Waals surface area contributed by atoms with Gasteiger partial charge in [0, 0.05) is 55.8 Å². The normalized spacial score (nSPS) is 12.8. The molecule has 272 valence electrons. The van der Waals surface area contributed by atoms with Crippen LogP contribution in [0.15, 0.2) is 84.8 Å². The predicted molar refractivity (Wildman–Crippen MR) is 210 cm³/mol. The van der Waals surface area contributed by atoms with Crippen molar-refractivity contribution in [2.75, 3.05) is 37.8 Å². The number of nitrogens with zero attached hydrogens (tertiary/aromatic N) is 3. The van der Waals surface area contributed by atoms with Crippen LogP contribution in [0.5, 0.6) is 5.75 Å². The van der Waals surface area contributed by atoms with Gasteiger partial charge >= 0.3 is 0 Å². The third-order valence-electron chi connectivity index (χ3n) is 9.09. The van der Waals surface area contributed by atoms with Crippen molar-refractivity contribution in [1.82, 2.24) is 9.55 Å². The largest absolute Gasteiger partial charge is 0.491 e. The molecule has 0 saturated heterocycles. The summed E-state index contributed by atoms with van der Waals surface area (Å²) in [4.78, 5) is 33.5. The molecule has 0 N–H and O–H groups in total. The van der Waals surface area contributed by atoms with Crippen LogP contribution in [0.4, 0.5) is 5.69 Å². The van der Waals surface area contributed by atoms with Gasteiger partial charge in [-0.3, -0.25) is 9.59 Å². The second-order valence-electron chi connectivity index (χ2n) is 13.7. The SMILES string of the molecule is C.CCCCOCCOc1ccc(-c2ccc3c(c2)C=C(C(=O)Cc2ccc(C(=O)Cc4cncn4CCC)cc2)CCCN3CC(C)C)cc1. The van der Waals surface area contributed by atoms with Gasteiger partial charge in [-0.2, -0.15) is 0 Å². The molecule has 5 rings (SSSR count). The molecule has 0 bridgehead atoms. The number of ketones is 2. The van der Waals surface area contributed by atoms with E-state index in [9.17, 15) is 9.59 Å². The van der Waals surface area contributed by atoms with Gasteiger partial charge in [0.05, 0.1) is 19.4 Å². The highest BCUT2D eigenvalue weighted by atomic mass is 16.5. The Balaban J connectivity index is 0.00000583. The van der Waals surface area contributed by atoms with Crippen LogP contribution in [0.1, 0.15) is 94.4 Å². The van der Waals surface area contributed by atoms with Gasteiger partial charge in [-0.1, -0.05) is 84.0 Å². The second-order valence-corrected chi connectivity index (χ2v) is 13.7. The van der Waals surface area contributed by atoms with Crippen molar-refractivity contribution in [2.45, 2.75) is 86.6 Å². The zero-order chi connectivity index (χ0) is 35.3. The first kappa shape index (κ1) is 39.3. The molecule has 51 heavy (non-hydrogen) atoms. The van der Waals surface area contributed by atoms with Gasteiger partial charge in [-0.15, -0.1) is 0 Å². The molecule has 3 aromatic carbocycles. The van der Waals surface area contributed by atoms with Crippen LogP contribution in [0.25, 0.3) is 17.2 Å². The summed E-state index contributed by atoms with van der Waals surface area (Å²) in [5.41, 5.74) is 7.77. The Morgan fingerprint density at radius 2 is 1.63 bits per heavy atom. The first-order valence-electron chi connectivity index (χ1n) is 18.4. The molecular weight excluding hydrogens is 635 g/mol. The van der Waals surface area contributed by atoms with Gasteiger partial charge in [0.15, 0.2) is 11.6 Å². The fraction of sp³-hybridized carbons (Fsp3) is 0.432. The van der Waals surface area contributed by atoms with Gasteiger partial charge in [0.25, 0.3) is 0 Å². The van der Waals surface area contributed by atoms with Crippen molar-refractivity contribution in [1.29, 1.82) is 0 Å². The van der Waals surface area contributed by atoms with Crippen LogP contribution in [-0.2, 0) is 28.9 Å². The maximum Gasteiger partial charge on any atom is 0.168 e. The van der Waals surface area contributed by atoms with E-state index in [0.29, 0.717) is 37.5 Å². The number of allylic oxidation sites excluding steroid dienone is 1. The molecule has 0 spiro atoms. The number of ether oxygens (including phenoxy) is 2. The smallest absolute Gasteiger partial charge is 0.168 e. The molecule has 0 aliphatic carbocycles. The number of imidazole rings is 1. The molecule has 0 fully saturated rings. The number of hydrogen-bond donors (Lipinski definition) is 0. The summed E-state index contributed by atoms with van der Waals surface area (Å²) in [6.45, 7) is 13.4. The highest BCUT2D eigenvalue weighted by Gasteiger charge is 2.20. The van der Waals surface area contributed by atoms with Gasteiger partial charge < -0.3 is 18.9 Å². The summed E-state index contributed by atoms with van der Waals surface area (Å²) in [7, 11) is 0. The molecule has 1 aromatic heterocycles. The summed E-state index contributed by atoms with van der Waals surface area (Å²) >= 11 is 0. The minimum Gasteiger partial charge on any atom is -0.491 e. The van der Waals surface area contributed by atoms with E-state index in [1.54, 1.807) is 12.5 Å². The summed E-state index contributed by atoms with van der Waals surface area (Å²) in [5, 5.41) is 0. The molecule has 4 aromatic rings. The number of benzene rings is 3. The van der Waals surface area contributed by atoms with Crippen LogP contribution in [0, 0.1) is 5.92 Å². The Kier molecular flexibility index (Phi) is 15.2. The number of fused-ring (bicyclic) bond motifs is 1. The third-order valence-corrected chi connectivity index (χ3v) is 9.09. The number of anilines is 1. The van der Waals surface area contributed by atoms with E-state index in [0.717, 1.165) is 97.6 Å². The standard InChI is InChI=1S/C43H53N3O4.CH4/c1-5-7-22-49-23-24-50-40-17-14-34(15-18-40)36-16-19-41-38(26-36)27-37(9-8-21-45(41)30-32(3)4)42(47)25-33-10-12-35(13-11-33)43(48)28-39-29-44-31-46(39)20-6-2;/h10-19,26-27,29,31-32H,5-9,20-25,28,30H2,1-4H3;1H4. The minimum absolute atomic E-state index is 0. The molecule has 0 saturated carbocycles. The van der Waals surface area contributed by atoms with Crippen molar-refractivity contribution < 1.29 is 19.1 Å². The van der Waals surface area contributed by atoms with Crippen LogP contribution in [0.3, 0.4) is 0 Å². The van der Waals surface area contributed by atoms with E-state index in [1.807, 2.05) is 41.0 Å². The molecule has 0 unspecified atom stereocenters. The van der Waals surface area contributed by atoms with Crippen molar-refractivity contribution in [3.05, 3.63) is 107 Å². The van der Waals surface area contributed by atoms with Crippen molar-refractivity contribution in [3.8, 4) is 16.9 Å². The van der Waals surface area contributed by atoms with E-state index in [1.165, 1.54) is 5.69 Å². The lowest BCUT2D eigenvalue weighted by atomic mass is 9.92. The topological polar surface area (TPSA) is 73.7 Å². The maximum atomic E-state index is 13.8. The van der Waals surface area contributed by atoms with E-state index >= 15 is 0 Å². The molecule has 0 amide bonds. The van der Waals surface area contributed by atoms with Crippen LogP contribution in [0.2, 0.25) is 0 Å². The number of Topliss-reactive ketones (excluding diaryl/α,β-unsaturated/α-hetero) is 2. The Labute approximate surface area is 305 Å². The Bertz CT molecular complexity index is 1720. The quantitative estimate of drug-likeness (QED) is 0.0764. The Morgan fingerprint density at radius 1 is 0.863 bits per heavy atom. The molecular formula is C44H57N3O4. The number of unbranched alkanes of at least 4 members (excludes halogenated alkanes) is 1. The lowest BCUT2D eigenvalue weighted by Crippen LogP contribution is -2.30. The highest BCUT2D eigenvalue weighted by Crippen LogP contribution is 2.33. The molecule has 1 aliphatic rings. The van der Waals surface area contributed by atoms with E-state index in [4.69, 9.17) is 9.47 Å². The van der Waals surface area contributed by atoms with Gasteiger partial charge in [-0.25, -0.2) is 4.98 Å². The summed E-state index contributed by atoms with van der Waals surface area (Å²) in [5.74, 6) is 1.52. The Morgan fingerprint density at radius 3 is 2.35 bits per heavy atom. The Hall–Kier alpha value is -4.49. The lowest BCUT2D eigenvalue weighted by Gasteiger charge is -2.30. The highest BCUT2D eigenvalue weighted by molar-refractivity contribution is 6.02. The van der Waals surface area contributed by atoms with Crippen LogP contribution >= 0.6 is 0 Å². The minimum atomic E-state index is 0. The average Bonchev–Trinajstić information content (AvgIpc) is 3.54. The first-order valence-corrected chi connectivity index (χ1v) is 18.4. The fourth-order valence-corrected chi connectivity index (χ4v) is 6.45. The fourth-order valence-electron chi connectivity index (χ4n) is 6.45. The van der Waals surface area contributed by atoms with Gasteiger partial charge in [0.1, 0.15) is 12.4 Å². The van der Waals surface area contributed by atoms with Gasteiger partial charge in [-0.05, 0) is 89.8 Å². The van der Waals surface area contributed by atoms with E-state index in [-0.39, 0.29) is 19.0 Å². The average molecular weight is 692 g/mol. The first-order chi connectivity index (χ1) is 24.3. The van der Waals surface area contributed by atoms with E-state index < -0.39 is 0 Å². The summed E-state index contributed by atoms with van der Waals surface area (Å²) < 4.78 is 13.5. The number of hydrogen-bond acceptors (Lipinski definition) is 6. The van der Waals surface area contributed by atoms with Crippen LogP contribution in [-0.4, -0.2) is 54.0 Å². The third kappa shape index (κ3) is 11.3. The molecule has 0 atom stereocenters. The summed E-state index contributed by atoms with van der Waals surface area (Å²) in [6, 6.07) is 22.3. The maximum absolute atomic E-state index is 13.8. The van der Waals surface area contributed by atoms with Gasteiger partial charge in [0.2, 0.25) is 0 Å². The molecule has 7 heteroatoms. The zero-order valence-corrected chi connectivity index (χ0v) is 30.3. The number of aromatic nitrogens is 2. The van der Waals surface area contributed by atoms with Crippen LogP contribution < -0.4 is 9.64 Å². The number of carbonyl (C=O) groups excluding carboxylic acids is 2. The molecule has 7 nitrogen and oxygen atoms in total. The molecule has 0 radical (unpaired) electrons. The van der Waals surface area contributed by atoms with Crippen molar-refractivity contribution >= 4 is 23.3 Å². The predicted octanol–water partition coefficient (Wildman–Crippen LogP) is 9.67. The van der Waals surface area contributed by atoms with Crippen molar-refractivity contribution in [3.63, 3.8) is 0 Å². The summed E-state index contributed by atoms with van der Waals surface area (Å²) in [6.07, 6.45) is 11.1. The number of aryl methyl sites for hydroxylation is 1. The monoisotopic (exact) mass is 691 g/mol. The lowest BCUT2D eigenvalue weighted by molar-refractivity contribution is -0.115. The molecule has 2 heterocycles. The van der Waals surface area contributed by atoms with E-state index in [2.05, 4.69) is 74.0 Å². The number of carbonyl (C=O) groups is 2.